The Labute approximate surface area is 113 Å². The van der Waals surface area contributed by atoms with Gasteiger partial charge in [0.25, 0.3) is 0 Å². The molecule has 0 spiro atoms. The van der Waals surface area contributed by atoms with E-state index in [0.29, 0.717) is 5.92 Å². The zero-order chi connectivity index (χ0) is 13.1. The van der Waals surface area contributed by atoms with Crippen LogP contribution in [0.15, 0.2) is 42.5 Å². The topological polar surface area (TPSA) is 3.24 Å². The zero-order valence-electron chi connectivity index (χ0n) is 11.6. The second-order valence-corrected chi connectivity index (χ2v) is 5.67. The van der Waals surface area contributed by atoms with E-state index in [2.05, 4.69) is 68.3 Å². The molecule has 1 unspecified atom stereocenters. The monoisotopic (exact) mass is 247 g/mol. The van der Waals surface area contributed by atoms with Crippen molar-refractivity contribution in [3.05, 3.63) is 64.0 Å². The third-order valence-corrected chi connectivity index (χ3v) is 4.55. The molecule has 1 atom stereocenters. The predicted molar refractivity (Wildman–Crippen MR) is 80.5 cm³/mol. The van der Waals surface area contributed by atoms with Crippen LogP contribution in [0.5, 0.6) is 0 Å². The van der Waals surface area contributed by atoms with E-state index in [9.17, 15) is 0 Å². The van der Waals surface area contributed by atoms with E-state index >= 15 is 0 Å². The van der Waals surface area contributed by atoms with Crippen molar-refractivity contribution in [2.75, 3.05) is 11.9 Å². The summed E-state index contributed by atoms with van der Waals surface area (Å²) in [5, 5.41) is 2.82. The summed E-state index contributed by atoms with van der Waals surface area (Å²) in [6, 6.07) is 15.6. The van der Waals surface area contributed by atoms with Crippen LogP contribution in [-0.4, -0.2) is 7.05 Å². The lowest BCUT2D eigenvalue weighted by atomic mass is 9.93. The molecule has 2 aromatic carbocycles. The predicted octanol–water partition coefficient (Wildman–Crippen LogP) is 2.52. The Kier molecular flexibility index (Phi) is 2.00. The Hall–Kier alpha value is -2.02. The van der Waals surface area contributed by atoms with E-state index in [4.69, 9.17) is 0 Å². The Bertz CT molecular complexity index is 814. The number of fused-ring (bicyclic) bond motifs is 4. The molecule has 0 saturated heterocycles. The molecular formula is C18H17N. The van der Waals surface area contributed by atoms with Crippen molar-refractivity contribution in [3.63, 3.8) is 0 Å². The van der Waals surface area contributed by atoms with Gasteiger partial charge in [0.2, 0.25) is 0 Å². The molecule has 0 amide bonds. The average Bonchev–Trinajstić information content (AvgIpc) is 2.86. The van der Waals surface area contributed by atoms with Gasteiger partial charge in [0.15, 0.2) is 0 Å². The molecule has 4 rings (SSSR count). The van der Waals surface area contributed by atoms with E-state index < -0.39 is 0 Å². The highest BCUT2D eigenvalue weighted by atomic mass is 15.1. The molecule has 1 heterocycles. The van der Waals surface area contributed by atoms with Crippen LogP contribution in [-0.2, 0) is 0 Å². The molecule has 0 aromatic heterocycles. The highest BCUT2D eigenvalue weighted by Crippen LogP contribution is 2.48. The van der Waals surface area contributed by atoms with Crippen molar-refractivity contribution in [1.29, 1.82) is 0 Å². The quantitative estimate of drug-likeness (QED) is 0.691. The van der Waals surface area contributed by atoms with Crippen molar-refractivity contribution >= 4 is 17.0 Å². The summed E-state index contributed by atoms with van der Waals surface area (Å²) in [5.41, 5.74) is 7.11. The summed E-state index contributed by atoms with van der Waals surface area (Å²) >= 11 is 0. The standard InChI is InChI=1S/C18H17N/c1-11-8-9-16-15(10-11)17-12(2)13-6-4-5-7-14(13)18(17)19(16)3/h4-10,17H,1-3H3. The summed E-state index contributed by atoms with van der Waals surface area (Å²) in [6.07, 6.45) is 0. The lowest BCUT2D eigenvalue weighted by Crippen LogP contribution is -2.27. The third kappa shape index (κ3) is 1.25. The zero-order valence-corrected chi connectivity index (χ0v) is 11.6. The van der Waals surface area contributed by atoms with Crippen LogP contribution >= 0.6 is 0 Å². The first-order valence-corrected chi connectivity index (χ1v) is 6.83. The van der Waals surface area contributed by atoms with Crippen molar-refractivity contribution in [3.8, 4) is 0 Å². The number of rotatable bonds is 0. The van der Waals surface area contributed by atoms with Gasteiger partial charge >= 0.3 is 0 Å². The normalized spacial score (nSPS) is 19.5. The van der Waals surface area contributed by atoms with E-state index in [-0.39, 0.29) is 0 Å². The molecule has 1 nitrogen and oxygen atoms in total. The van der Waals surface area contributed by atoms with Crippen LogP contribution in [0.2, 0.25) is 0 Å². The number of aryl methyl sites for hydroxylation is 1. The summed E-state index contributed by atoms with van der Waals surface area (Å²) in [7, 11) is 2.19. The highest BCUT2D eigenvalue weighted by molar-refractivity contribution is 5.92. The van der Waals surface area contributed by atoms with Crippen molar-refractivity contribution < 1.29 is 0 Å². The fourth-order valence-electron chi connectivity index (χ4n) is 3.66. The number of benzene rings is 2. The van der Waals surface area contributed by atoms with Gasteiger partial charge in [-0.25, -0.2) is 0 Å². The van der Waals surface area contributed by atoms with Gasteiger partial charge in [-0.05, 0) is 30.7 Å². The van der Waals surface area contributed by atoms with Gasteiger partial charge in [-0.3, -0.25) is 0 Å². The Balaban J connectivity index is 2.13. The van der Waals surface area contributed by atoms with Crippen molar-refractivity contribution in [2.45, 2.75) is 19.8 Å². The average molecular weight is 247 g/mol. The molecule has 94 valence electrons. The smallest absolute Gasteiger partial charge is 0.0485 e. The van der Waals surface area contributed by atoms with E-state index in [1.165, 1.54) is 38.5 Å². The van der Waals surface area contributed by atoms with Crippen LogP contribution in [0, 0.1) is 6.92 Å². The minimum atomic E-state index is 0.456. The summed E-state index contributed by atoms with van der Waals surface area (Å²) in [5.74, 6) is 0.456. The van der Waals surface area contributed by atoms with E-state index in [1.807, 2.05) is 0 Å². The van der Waals surface area contributed by atoms with Crippen molar-refractivity contribution in [2.24, 2.45) is 0 Å². The first-order chi connectivity index (χ1) is 9.18. The van der Waals surface area contributed by atoms with E-state index in [0.717, 1.165) is 0 Å². The van der Waals surface area contributed by atoms with Gasteiger partial charge in [0.1, 0.15) is 0 Å². The molecule has 0 fully saturated rings. The molecule has 2 aliphatic rings. The van der Waals surface area contributed by atoms with E-state index in [1.54, 1.807) is 0 Å². The summed E-state index contributed by atoms with van der Waals surface area (Å²) < 4.78 is 0. The molecule has 19 heavy (non-hydrogen) atoms. The Morgan fingerprint density at radius 3 is 2.47 bits per heavy atom. The second kappa shape index (κ2) is 3.51. The maximum Gasteiger partial charge on any atom is 0.0485 e. The van der Waals surface area contributed by atoms with Crippen LogP contribution in [0.4, 0.5) is 5.69 Å². The van der Waals surface area contributed by atoms with Crippen LogP contribution in [0.25, 0.3) is 11.3 Å². The maximum atomic E-state index is 2.37. The first kappa shape index (κ1) is 10.9. The fraction of sp³-hybridized carbons (Fsp3) is 0.222. The largest absolute Gasteiger partial charge is 0.346 e. The summed E-state index contributed by atoms with van der Waals surface area (Å²) in [6.45, 7) is 4.46. The van der Waals surface area contributed by atoms with Gasteiger partial charge in [-0.1, -0.05) is 47.5 Å². The van der Waals surface area contributed by atoms with Gasteiger partial charge in [0, 0.05) is 29.6 Å². The molecule has 1 heteroatoms. The molecule has 0 N–H and O–H groups in total. The molecule has 0 saturated carbocycles. The third-order valence-electron chi connectivity index (χ3n) is 4.55. The number of nitrogens with zero attached hydrogens (tertiary/aromatic N) is 1. The van der Waals surface area contributed by atoms with Crippen LogP contribution in [0.1, 0.15) is 24.0 Å². The molecule has 0 radical (unpaired) electrons. The number of hydrogen-bond donors (Lipinski definition) is 0. The lowest BCUT2D eigenvalue weighted by molar-refractivity contribution is 1.14. The summed E-state index contributed by atoms with van der Waals surface area (Å²) in [4.78, 5) is 2.37. The molecule has 2 aromatic rings. The molecule has 1 aliphatic heterocycles. The maximum absolute atomic E-state index is 2.37. The number of anilines is 1. The Morgan fingerprint density at radius 2 is 1.68 bits per heavy atom. The fourth-order valence-corrected chi connectivity index (χ4v) is 3.66. The molecule has 1 aliphatic carbocycles. The SMILES string of the molecule is CC1=c2ccccc2=C2C1c1cc(C)ccc1N2C. The minimum absolute atomic E-state index is 0.456. The van der Waals surface area contributed by atoms with Gasteiger partial charge in [-0.15, -0.1) is 0 Å². The van der Waals surface area contributed by atoms with Gasteiger partial charge < -0.3 is 4.90 Å². The second-order valence-electron chi connectivity index (χ2n) is 5.67. The molecular weight excluding hydrogens is 230 g/mol. The van der Waals surface area contributed by atoms with Gasteiger partial charge in [0.05, 0.1) is 0 Å². The highest BCUT2D eigenvalue weighted by Gasteiger charge is 2.36. The van der Waals surface area contributed by atoms with Gasteiger partial charge in [-0.2, -0.15) is 0 Å². The van der Waals surface area contributed by atoms with Crippen molar-refractivity contribution in [1.82, 2.24) is 0 Å². The number of hydrogen-bond acceptors (Lipinski definition) is 1. The number of likely N-dealkylation sites (N-methyl/N-ethyl adjacent to an activating group) is 1. The lowest BCUT2D eigenvalue weighted by Gasteiger charge is -2.15. The van der Waals surface area contributed by atoms with Crippen LogP contribution in [0.3, 0.4) is 0 Å². The molecule has 0 bridgehead atoms. The minimum Gasteiger partial charge on any atom is -0.346 e. The Morgan fingerprint density at radius 1 is 0.947 bits per heavy atom. The van der Waals surface area contributed by atoms with Crippen LogP contribution < -0.4 is 15.3 Å². The first-order valence-electron chi connectivity index (χ1n) is 6.83.